The second-order valence-corrected chi connectivity index (χ2v) is 11.5. The average Bonchev–Trinajstić information content (AvgIpc) is 2.94. The largest absolute Gasteiger partial charge is 0.493 e. The van der Waals surface area contributed by atoms with Crippen molar-refractivity contribution in [3.05, 3.63) is 94.8 Å². The van der Waals surface area contributed by atoms with Gasteiger partial charge in [-0.2, -0.15) is 13.2 Å². The number of hydrogen-bond acceptors (Lipinski definition) is 6. The lowest BCUT2D eigenvalue weighted by Crippen LogP contribution is -2.36. The number of amides is 1. The first-order valence-corrected chi connectivity index (χ1v) is 14.6. The maximum Gasteiger partial charge on any atom is 0.416 e. The standard InChI is InChI=1S/C29H31F4N3O5S/c1-40-13-11-34-18-19-8-9-24-25(10-12-41-27(24)14-19)35-28(37)17-26(20-4-2-6-22(30)15-20)36-42(38,39)23-7-3-5-21(16-23)29(31,32)33/h2-9,14-16,25-26,34,36H,10-13,17-18H2,1H3,(H,35,37)/t25-,26-/m1/s1. The smallest absolute Gasteiger partial charge is 0.416 e. The minimum atomic E-state index is -4.76. The van der Waals surface area contributed by atoms with Crippen LogP contribution in [0.25, 0.3) is 0 Å². The molecule has 3 aromatic carbocycles. The summed E-state index contributed by atoms with van der Waals surface area (Å²) in [7, 11) is -2.91. The lowest BCUT2D eigenvalue weighted by molar-refractivity contribution is -0.137. The van der Waals surface area contributed by atoms with Crippen molar-refractivity contribution in [1.82, 2.24) is 15.4 Å². The van der Waals surface area contributed by atoms with Crippen molar-refractivity contribution in [2.75, 3.05) is 26.9 Å². The minimum absolute atomic E-state index is 0.138. The molecule has 0 unspecified atom stereocenters. The van der Waals surface area contributed by atoms with Gasteiger partial charge in [-0.05, 0) is 47.5 Å². The third-order valence-corrected chi connectivity index (χ3v) is 8.14. The normalized spacial score (nSPS) is 15.9. The predicted molar refractivity (Wildman–Crippen MR) is 147 cm³/mol. The zero-order valence-corrected chi connectivity index (χ0v) is 23.5. The van der Waals surface area contributed by atoms with Crippen LogP contribution in [0.5, 0.6) is 5.75 Å². The molecule has 226 valence electrons. The molecule has 0 aromatic heterocycles. The molecule has 1 amide bonds. The van der Waals surface area contributed by atoms with Crippen LogP contribution in [-0.2, 0) is 32.3 Å². The van der Waals surface area contributed by atoms with Gasteiger partial charge < -0.3 is 20.1 Å². The van der Waals surface area contributed by atoms with Crippen molar-refractivity contribution in [1.29, 1.82) is 0 Å². The predicted octanol–water partition coefficient (Wildman–Crippen LogP) is 4.63. The Balaban J connectivity index is 1.51. The fourth-order valence-electron chi connectivity index (χ4n) is 4.59. The first-order chi connectivity index (χ1) is 20.0. The SMILES string of the molecule is COCCNCc1ccc2c(c1)OCC[C@H]2NC(=O)C[C@@H](NS(=O)(=O)c1cccc(C(F)(F)F)c1)c1cccc(F)c1. The van der Waals surface area contributed by atoms with Crippen LogP contribution in [-0.4, -0.2) is 41.2 Å². The summed E-state index contributed by atoms with van der Waals surface area (Å²) in [5.41, 5.74) is 0.727. The van der Waals surface area contributed by atoms with E-state index in [4.69, 9.17) is 9.47 Å². The Kier molecular flexibility index (Phi) is 10.2. The van der Waals surface area contributed by atoms with Crippen molar-refractivity contribution in [2.24, 2.45) is 0 Å². The van der Waals surface area contributed by atoms with E-state index >= 15 is 0 Å². The number of alkyl halides is 3. The first-order valence-electron chi connectivity index (χ1n) is 13.2. The summed E-state index contributed by atoms with van der Waals surface area (Å²) in [5.74, 6) is -0.592. The fraction of sp³-hybridized carbons (Fsp3) is 0.345. The van der Waals surface area contributed by atoms with Crippen LogP contribution in [0.1, 0.15) is 47.2 Å². The van der Waals surface area contributed by atoms with Gasteiger partial charge in [0, 0.05) is 38.6 Å². The van der Waals surface area contributed by atoms with Crippen LogP contribution < -0.4 is 20.1 Å². The molecule has 4 rings (SSSR count). The van der Waals surface area contributed by atoms with Crippen molar-refractivity contribution in [3.63, 3.8) is 0 Å². The number of carbonyl (C=O) groups is 1. The van der Waals surface area contributed by atoms with Gasteiger partial charge in [-0.15, -0.1) is 0 Å². The summed E-state index contributed by atoms with van der Waals surface area (Å²) >= 11 is 0. The van der Waals surface area contributed by atoms with Crippen LogP contribution in [0.4, 0.5) is 17.6 Å². The summed E-state index contributed by atoms with van der Waals surface area (Å²) in [5, 5.41) is 6.14. The number of halogens is 4. The summed E-state index contributed by atoms with van der Waals surface area (Å²) < 4.78 is 93.1. The van der Waals surface area contributed by atoms with Crippen molar-refractivity contribution >= 4 is 15.9 Å². The Morgan fingerprint density at radius 3 is 2.62 bits per heavy atom. The summed E-state index contributed by atoms with van der Waals surface area (Å²) in [6, 6.07) is 12.2. The van der Waals surface area contributed by atoms with Crippen molar-refractivity contribution in [2.45, 2.75) is 42.5 Å². The summed E-state index contributed by atoms with van der Waals surface area (Å²) in [6.45, 7) is 2.19. The molecule has 0 fully saturated rings. The van der Waals surface area contributed by atoms with E-state index in [1.807, 2.05) is 18.2 Å². The molecule has 1 aliphatic rings. The molecule has 13 heteroatoms. The van der Waals surface area contributed by atoms with E-state index in [1.54, 1.807) is 7.11 Å². The maximum absolute atomic E-state index is 14.1. The van der Waals surface area contributed by atoms with Gasteiger partial charge in [0.25, 0.3) is 0 Å². The fourth-order valence-corrected chi connectivity index (χ4v) is 5.86. The van der Waals surface area contributed by atoms with Gasteiger partial charge in [-0.3, -0.25) is 4.79 Å². The number of carbonyl (C=O) groups excluding carboxylic acids is 1. The van der Waals surface area contributed by atoms with E-state index in [0.29, 0.717) is 44.5 Å². The Labute approximate surface area is 241 Å². The molecule has 42 heavy (non-hydrogen) atoms. The zero-order valence-electron chi connectivity index (χ0n) is 22.7. The lowest BCUT2D eigenvalue weighted by atomic mass is 9.98. The number of hydrogen-bond donors (Lipinski definition) is 3. The zero-order chi connectivity index (χ0) is 30.3. The molecule has 0 saturated heterocycles. The molecule has 0 aliphatic carbocycles. The molecular weight excluding hydrogens is 578 g/mol. The van der Waals surface area contributed by atoms with E-state index in [0.717, 1.165) is 41.5 Å². The number of sulfonamides is 1. The van der Waals surface area contributed by atoms with E-state index in [-0.39, 0.29) is 5.56 Å². The van der Waals surface area contributed by atoms with Gasteiger partial charge in [0.15, 0.2) is 0 Å². The Bertz CT molecular complexity index is 1500. The van der Waals surface area contributed by atoms with E-state index in [2.05, 4.69) is 15.4 Å². The minimum Gasteiger partial charge on any atom is -0.493 e. The number of rotatable bonds is 12. The highest BCUT2D eigenvalue weighted by Crippen LogP contribution is 2.34. The van der Waals surface area contributed by atoms with E-state index < -0.39 is 56.9 Å². The third kappa shape index (κ3) is 8.28. The molecule has 2 atom stereocenters. The number of fused-ring (bicyclic) bond motifs is 1. The van der Waals surface area contributed by atoms with Crippen LogP contribution in [0.15, 0.2) is 71.6 Å². The molecule has 3 aromatic rings. The molecule has 0 radical (unpaired) electrons. The van der Waals surface area contributed by atoms with Crippen LogP contribution >= 0.6 is 0 Å². The molecule has 0 spiro atoms. The number of methoxy groups -OCH3 is 1. The van der Waals surface area contributed by atoms with E-state index in [1.165, 1.54) is 12.1 Å². The van der Waals surface area contributed by atoms with Crippen LogP contribution in [0, 0.1) is 5.82 Å². The molecule has 1 aliphatic heterocycles. The topological polar surface area (TPSA) is 106 Å². The highest BCUT2D eigenvalue weighted by atomic mass is 32.2. The second kappa shape index (κ2) is 13.6. The average molecular weight is 610 g/mol. The van der Waals surface area contributed by atoms with E-state index in [9.17, 15) is 30.8 Å². The highest BCUT2D eigenvalue weighted by Gasteiger charge is 2.33. The van der Waals surface area contributed by atoms with Gasteiger partial charge in [0.2, 0.25) is 15.9 Å². The Morgan fingerprint density at radius 1 is 1.10 bits per heavy atom. The number of ether oxygens (including phenoxy) is 2. The quantitative estimate of drug-likeness (QED) is 0.204. The van der Waals surface area contributed by atoms with Gasteiger partial charge in [0.1, 0.15) is 11.6 Å². The number of nitrogens with one attached hydrogen (secondary N) is 3. The van der Waals surface area contributed by atoms with Crippen LogP contribution in [0.2, 0.25) is 0 Å². The molecule has 1 heterocycles. The van der Waals surface area contributed by atoms with Crippen molar-refractivity contribution in [3.8, 4) is 5.75 Å². The molecular formula is C29H31F4N3O5S. The van der Waals surface area contributed by atoms with Crippen LogP contribution in [0.3, 0.4) is 0 Å². The maximum atomic E-state index is 14.1. The first kappa shape index (κ1) is 31.4. The second-order valence-electron chi connectivity index (χ2n) is 9.76. The highest BCUT2D eigenvalue weighted by molar-refractivity contribution is 7.89. The van der Waals surface area contributed by atoms with Gasteiger partial charge in [0.05, 0.1) is 35.8 Å². The Morgan fingerprint density at radius 2 is 1.88 bits per heavy atom. The van der Waals surface area contributed by atoms with Gasteiger partial charge in [-0.1, -0.05) is 30.3 Å². The molecule has 0 bridgehead atoms. The number of benzene rings is 3. The summed E-state index contributed by atoms with van der Waals surface area (Å²) in [4.78, 5) is 12.6. The summed E-state index contributed by atoms with van der Waals surface area (Å²) in [6.07, 6.45) is -4.73. The molecule has 0 saturated carbocycles. The van der Waals surface area contributed by atoms with Gasteiger partial charge in [-0.25, -0.2) is 17.5 Å². The van der Waals surface area contributed by atoms with Crippen molar-refractivity contribution < 1.29 is 40.2 Å². The molecule has 3 N–H and O–H groups in total. The monoisotopic (exact) mass is 609 g/mol. The lowest BCUT2D eigenvalue weighted by Gasteiger charge is -2.28. The molecule has 8 nitrogen and oxygen atoms in total. The van der Waals surface area contributed by atoms with Gasteiger partial charge >= 0.3 is 6.18 Å². The third-order valence-electron chi connectivity index (χ3n) is 6.67. The Hall–Kier alpha value is -3.52.